The molecule has 1 N–H and O–H groups in total. The van der Waals surface area contributed by atoms with Crippen molar-refractivity contribution in [3.05, 3.63) is 60.4 Å². The molecule has 0 fully saturated rings. The van der Waals surface area contributed by atoms with E-state index in [9.17, 15) is 5.26 Å². The number of hydrogen-bond acceptors (Lipinski definition) is 4. The van der Waals surface area contributed by atoms with Crippen LogP contribution < -0.4 is 5.32 Å². The maximum atomic E-state index is 9.73. The molecule has 1 atom stereocenters. The summed E-state index contributed by atoms with van der Waals surface area (Å²) in [5, 5.41) is 13.1. The molecule has 2 aromatic rings. The van der Waals surface area contributed by atoms with Gasteiger partial charge in [0.2, 0.25) is 0 Å². The van der Waals surface area contributed by atoms with Crippen LogP contribution in [0.2, 0.25) is 0 Å². The molecule has 2 rings (SSSR count). The fraction of sp³-hybridized carbons (Fsp3) is 0.294. The number of hydrogen-bond donors (Lipinski definition) is 1. The lowest BCUT2D eigenvalue weighted by Gasteiger charge is -2.28. The Balaban J connectivity index is 2.09. The lowest BCUT2D eigenvalue weighted by molar-refractivity contribution is 0.428. The Kier molecular flexibility index (Phi) is 5.79. The molecule has 0 aliphatic heterocycles. The topological polar surface area (TPSA) is 48.7 Å². The molecular weight excluding hydrogens is 278 g/mol. The van der Waals surface area contributed by atoms with E-state index in [1.54, 1.807) is 24.2 Å². The number of nitrogens with one attached hydrogen (secondary N) is 1. The first-order valence-corrected chi connectivity index (χ1v) is 8.04. The molecule has 0 aliphatic rings. The van der Waals surface area contributed by atoms with Crippen LogP contribution in [0.3, 0.4) is 0 Å². The second kappa shape index (κ2) is 7.82. The minimum absolute atomic E-state index is 0.615. The van der Waals surface area contributed by atoms with Crippen LogP contribution in [-0.2, 0) is 5.54 Å². The summed E-state index contributed by atoms with van der Waals surface area (Å²) in [5.74, 6) is 0.874. The van der Waals surface area contributed by atoms with Crippen molar-refractivity contribution in [1.82, 2.24) is 10.3 Å². The largest absolute Gasteiger partial charge is 0.296 e. The highest BCUT2D eigenvalue weighted by molar-refractivity contribution is 7.99. The van der Waals surface area contributed by atoms with E-state index in [0.29, 0.717) is 0 Å². The van der Waals surface area contributed by atoms with Crippen molar-refractivity contribution in [2.45, 2.75) is 23.8 Å². The number of pyridine rings is 1. The summed E-state index contributed by atoms with van der Waals surface area (Å²) < 4.78 is 0. The molecule has 0 spiro atoms. The Morgan fingerprint density at radius 2 is 1.90 bits per heavy atom. The molecular formula is C17H19N3S. The van der Waals surface area contributed by atoms with Gasteiger partial charge in [-0.1, -0.05) is 37.3 Å². The molecule has 3 nitrogen and oxygen atoms in total. The van der Waals surface area contributed by atoms with Gasteiger partial charge in [0.25, 0.3) is 0 Å². The zero-order chi connectivity index (χ0) is 15.0. The van der Waals surface area contributed by atoms with Gasteiger partial charge < -0.3 is 0 Å². The van der Waals surface area contributed by atoms with E-state index in [0.717, 1.165) is 24.3 Å². The summed E-state index contributed by atoms with van der Waals surface area (Å²) in [4.78, 5) is 5.20. The summed E-state index contributed by atoms with van der Waals surface area (Å²) in [5.41, 5.74) is 0.417. The van der Waals surface area contributed by atoms with Crippen molar-refractivity contribution < 1.29 is 0 Å². The molecule has 108 valence electrons. The fourth-order valence-corrected chi connectivity index (χ4v) is 3.23. The smallest absolute Gasteiger partial charge is 0.133 e. The zero-order valence-electron chi connectivity index (χ0n) is 12.1. The Labute approximate surface area is 130 Å². The summed E-state index contributed by atoms with van der Waals surface area (Å²) in [6.45, 7) is 2.80. The van der Waals surface area contributed by atoms with Crippen LogP contribution in [0.15, 0.2) is 59.8 Å². The number of aromatic nitrogens is 1. The quantitative estimate of drug-likeness (QED) is 0.793. The maximum absolute atomic E-state index is 9.73. The number of thioether (sulfide) groups is 1. The van der Waals surface area contributed by atoms with Gasteiger partial charge in [-0.05, 0) is 30.7 Å². The van der Waals surface area contributed by atoms with E-state index in [1.807, 2.05) is 49.4 Å². The van der Waals surface area contributed by atoms with Crippen LogP contribution in [0.5, 0.6) is 0 Å². The molecule has 0 aliphatic carbocycles. The molecule has 0 saturated heterocycles. The highest BCUT2D eigenvalue weighted by atomic mass is 32.2. The van der Waals surface area contributed by atoms with Gasteiger partial charge in [0.05, 0.1) is 6.07 Å². The normalized spacial score (nSPS) is 13.3. The number of benzene rings is 1. The molecule has 0 saturated carbocycles. The molecule has 1 unspecified atom stereocenters. The van der Waals surface area contributed by atoms with Gasteiger partial charge in [0.15, 0.2) is 0 Å². The Morgan fingerprint density at radius 1 is 1.19 bits per heavy atom. The van der Waals surface area contributed by atoms with Crippen molar-refractivity contribution in [3.8, 4) is 6.07 Å². The standard InChI is InChI=1S/C17H19N3S/c1-2-20-17(14-18,15-6-4-3-5-7-15)10-13-21-16-8-11-19-12-9-16/h3-9,11-12,20H,2,10,13H2,1H3. The van der Waals surface area contributed by atoms with Gasteiger partial charge in [-0.2, -0.15) is 5.26 Å². The van der Waals surface area contributed by atoms with Crippen molar-refractivity contribution in [2.24, 2.45) is 0 Å². The van der Waals surface area contributed by atoms with Gasteiger partial charge in [-0.3, -0.25) is 10.3 Å². The average Bonchev–Trinajstić information content (AvgIpc) is 2.56. The van der Waals surface area contributed by atoms with E-state index in [-0.39, 0.29) is 0 Å². The molecule has 1 aromatic carbocycles. The van der Waals surface area contributed by atoms with Gasteiger partial charge >= 0.3 is 0 Å². The van der Waals surface area contributed by atoms with Crippen molar-refractivity contribution in [2.75, 3.05) is 12.3 Å². The first-order chi connectivity index (χ1) is 10.3. The number of rotatable bonds is 7. The second-order valence-corrected chi connectivity index (χ2v) is 5.86. The third kappa shape index (κ3) is 4.07. The predicted molar refractivity (Wildman–Crippen MR) is 87.0 cm³/mol. The third-order valence-electron chi connectivity index (χ3n) is 3.33. The van der Waals surface area contributed by atoms with Crippen LogP contribution in [0.1, 0.15) is 18.9 Å². The predicted octanol–water partition coefficient (Wildman–Crippen LogP) is 3.59. The minimum Gasteiger partial charge on any atom is -0.296 e. The van der Waals surface area contributed by atoms with Crippen molar-refractivity contribution in [1.29, 1.82) is 5.26 Å². The Hall–Kier alpha value is -1.83. The van der Waals surface area contributed by atoms with Crippen molar-refractivity contribution in [3.63, 3.8) is 0 Å². The SMILES string of the molecule is CCNC(C#N)(CCSc1ccncc1)c1ccccc1. The Morgan fingerprint density at radius 3 is 2.52 bits per heavy atom. The Bertz CT molecular complexity index is 580. The van der Waals surface area contributed by atoms with Gasteiger partial charge in [0.1, 0.15) is 5.54 Å². The highest BCUT2D eigenvalue weighted by Crippen LogP contribution is 2.28. The first kappa shape index (κ1) is 15.6. The summed E-state index contributed by atoms with van der Waals surface area (Å²) in [6, 6.07) is 16.4. The molecule has 1 aromatic heterocycles. The fourth-order valence-electron chi connectivity index (χ4n) is 2.28. The van der Waals surface area contributed by atoms with E-state index < -0.39 is 5.54 Å². The zero-order valence-corrected chi connectivity index (χ0v) is 12.9. The molecule has 0 amide bonds. The molecule has 0 bridgehead atoms. The molecule has 4 heteroatoms. The van der Waals surface area contributed by atoms with Crippen LogP contribution in [-0.4, -0.2) is 17.3 Å². The van der Waals surface area contributed by atoms with Crippen LogP contribution in [0.4, 0.5) is 0 Å². The third-order valence-corrected chi connectivity index (χ3v) is 4.35. The highest BCUT2D eigenvalue weighted by Gasteiger charge is 2.30. The number of nitrogens with zero attached hydrogens (tertiary/aromatic N) is 2. The summed E-state index contributed by atoms with van der Waals surface area (Å²) in [6.07, 6.45) is 4.34. The van der Waals surface area contributed by atoms with E-state index in [2.05, 4.69) is 16.4 Å². The monoisotopic (exact) mass is 297 g/mol. The molecule has 1 heterocycles. The first-order valence-electron chi connectivity index (χ1n) is 7.05. The van der Waals surface area contributed by atoms with E-state index in [4.69, 9.17) is 0 Å². The van der Waals surface area contributed by atoms with Crippen LogP contribution >= 0.6 is 11.8 Å². The summed E-state index contributed by atoms with van der Waals surface area (Å²) >= 11 is 1.75. The van der Waals surface area contributed by atoms with E-state index in [1.165, 1.54) is 4.90 Å². The second-order valence-electron chi connectivity index (χ2n) is 4.69. The molecule has 0 radical (unpaired) electrons. The average molecular weight is 297 g/mol. The van der Waals surface area contributed by atoms with Gasteiger partial charge in [-0.15, -0.1) is 11.8 Å². The van der Waals surface area contributed by atoms with Crippen molar-refractivity contribution >= 4 is 11.8 Å². The van der Waals surface area contributed by atoms with Gasteiger partial charge in [0, 0.05) is 23.0 Å². The van der Waals surface area contributed by atoms with Crippen LogP contribution in [0, 0.1) is 11.3 Å². The lowest BCUT2D eigenvalue weighted by Crippen LogP contribution is -2.41. The lowest BCUT2D eigenvalue weighted by atomic mass is 9.88. The summed E-state index contributed by atoms with van der Waals surface area (Å²) in [7, 11) is 0. The number of nitriles is 1. The maximum Gasteiger partial charge on any atom is 0.133 e. The van der Waals surface area contributed by atoms with E-state index >= 15 is 0 Å². The minimum atomic E-state index is -0.615. The van der Waals surface area contributed by atoms with Crippen LogP contribution in [0.25, 0.3) is 0 Å². The molecule has 21 heavy (non-hydrogen) atoms. The van der Waals surface area contributed by atoms with Gasteiger partial charge in [-0.25, -0.2) is 0 Å².